The van der Waals surface area contributed by atoms with Crippen LogP contribution in [0, 0.1) is 50.6 Å². The first kappa shape index (κ1) is 91.5. The van der Waals surface area contributed by atoms with Gasteiger partial charge in [-0.3, -0.25) is 20.2 Å². The summed E-state index contributed by atoms with van der Waals surface area (Å²) in [6.07, 6.45) is 4.71. The third-order valence-electron chi connectivity index (χ3n) is 22.7. The molecular formula is C110H73Ir3N16O5-5. The Morgan fingerprint density at radius 1 is 0.313 bits per heavy atom. The minimum atomic E-state index is -0.532. The molecular weight excluding hydrogens is 2200 g/mol. The van der Waals surface area contributed by atoms with Crippen molar-refractivity contribution in [2.45, 2.75) is 32.6 Å². The fourth-order valence-corrected chi connectivity index (χ4v) is 16.6. The maximum atomic E-state index is 10.6. The fourth-order valence-electron chi connectivity index (χ4n) is 16.6. The number of nitro groups is 2. The van der Waals surface area contributed by atoms with Crippen LogP contribution in [0.3, 0.4) is 0 Å². The zero-order valence-corrected chi connectivity index (χ0v) is 78.9. The van der Waals surface area contributed by atoms with E-state index in [0.717, 1.165) is 79.7 Å². The Labute approximate surface area is 810 Å². The molecule has 0 spiro atoms. The number of pyridine rings is 2. The van der Waals surface area contributed by atoms with Gasteiger partial charge in [0.1, 0.15) is 23.2 Å². The summed E-state index contributed by atoms with van der Waals surface area (Å²) in [4.78, 5) is 29.3. The standard InChI is InChI=1S/C38H21N4.C29H26NO.C15H10N.C14H7N6O4.C14H9N4.3Ir/c1-3-13-29-25(9-1)27-11-5-7-15-31(27)35-21-23(17-19-33(29)35)37-39-41-38(42-40-37)24-18-20-34-30-14-4-2-10-26(30)28-12-6-8-16-32(28)36(34)22-24;1-4-19-31-21-16-14-20(15-17-21)22-9-7-10-23-24-11-8-12-25(26-13-5-6-18-30-26)28(24)29(2,3)27(22)23;1-2-7-13(8-3-1)15-14-9-5-4-6-12(14)10-11-16-15;21-19(22)11-5-1-9(2-6-11)13-15-17-14(18-16-13)10-3-7-12(8-4-10)20(23)24;1-3-7-11(8-4-1)13-15-17-14(18-16-13)12-9-5-2-6-10-12;;;/h1-17,19-22H;5-11,13-18H,4,19H2,1-3H3;1-7,9-11H;1-3,5-8H;1-9H;;;/q5*-1;;;. The predicted octanol–water partition coefficient (Wildman–Crippen LogP) is 24.9. The Bertz CT molecular complexity index is 7570. The third kappa shape index (κ3) is 19.2. The summed E-state index contributed by atoms with van der Waals surface area (Å²) in [5, 5.41) is 88.0. The SMILES string of the molecule is CCCOc1ccc(-c2cccc3c2C(C)(C)c2c(-c4ccccn4)[c-]ccc2-3)cc1.O=[N+]([O-])c1c[c-]c(-c2nnc(-c3ccc([N+](=O)[O-])cc3)nn2)cc1.[Ir].[Ir].[Ir].[c-]1cc2c3ccccc3c3ccccc3c2cc1-c1nnc(-c2ccc3c4ccccc4c4ccccc4c3c2)nn1.[c-]1ccccc1-c1nccc2ccccc12.[c-]1ccccc1-c1nnc(-c2ccccc2)nn1. The van der Waals surface area contributed by atoms with E-state index in [1.165, 1.54) is 135 Å². The van der Waals surface area contributed by atoms with Gasteiger partial charge in [0.2, 0.25) is 17.5 Å². The van der Waals surface area contributed by atoms with Gasteiger partial charge in [0.25, 0.3) is 5.69 Å². The summed E-state index contributed by atoms with van der Waals surface area (Å²) < 4.78 is 5.78. The second-order valence-electron chi connectivity index (χ2n) is 31.2. The Morgan fingerprint density at radius 2 is 0.761 bits per heavy atom. The number of benzene rings is 17. The van der Waals surface area contributed by atoms with Crippen LogP contribution < -0.4 is 4.74 Å². The van der Waals surface area contributed by atoms with E-state index in [0.29, 0.717) is 34.4 Å². The minimum Gasteiger partial charge on any atom is -0.494 e. The first-order chi connectivity index (χ1) is 64.4. The molecule has 655 valence electrons. The van der Waals surface area contributed by atoms with E-state index in [1.807, 2.05) is 134 Å². The predicted molar refractivity (Wildman–Crippen MR) is 514 cm³/mol. The van der Waals surface area contributed by atoms with Gasteiger partial charge in [-0.25, -0.2) is 0 Å². The van der Waals surface area contributed by atoms with Crippen molar-refractivity contribution in [1.29, 1.82) is 0 Å². The average molecular weight is 2280 g/mol. The van der Waals surface area contributed by atoms with E-state index in [4.69, 9.17) is 4.74 Å². The Balaban J connectivity index is 0.000000127. The van der Waals surface area contributed by atoms with Crippen molar-refractivity contribution >= 4 is 86.8 Å². The number of aromatic nitrogens is 14. The number of non-ortho nitro benzene ring substituents is 2. The van der Waals surface area contributed by atoms with Crippen LogP contribution in [0.2, 0.25) is 0 Å². The summed E-state index contributed by atoms with van der Waals surface area (Å²) in [6.45, 7) is 7.51. The second kappa shape index (κ2) is 41.5. The number of nitro benzene ring substituents is 2. The molecule has 0 aliphatic heterocycles. The number of ether oxygens (including phenoxy) is 1. The van der Waals surface area contributed by atoms with Crippen LogP contribution in [0.4, 0.5) is 11.4 Å². The van der Waals surface area contributed by atoms with Gasteiger partial charge in [0, 0.05) is 106 Å². The molecule has 5 aromatic heterocycles. The summed E-state index contributed by atoms with van der Waals surface area (Å²) in [7, 11) is 0. The fraction of sp³-hybridized carbons (Fsp3) is 0.0545. The second-order valence-corrected chi connectivity index (χ2v) is 31.2. The molecule has 1 aliphatic rings. The van der Waals surface area contributed by atoms with Crippen LogP contribution in [0.5, 0.6) is 5.75 Å². The molecule has 24 heteroatoms. The summed E-state index contributed by atoms with van der Waals surface area (Å²) in [5.41, 5.74) is 15.8. The van der Waals surface area contributed by atoms with E-state index in [1.54, 1.807) is 0 Å². The van der Waals surface area contributed by atoms with Crippen molar-refractivity contribution in [2.75, 3.05) is 6.61 Å². The number of fused-ring (bicyclic) bond motifs is 16. The van der Waals surface area contributed by atoms with Gasteiger partial charge < -0.3 is 14.7 Å². The van der Waals surface area contributed by atoms with Crippen molar-refractivity contribution in [3.63, 3.8) is 0 Å². The van der Waals surface area contributed by atoms with Crippen molar-refractivity contribution in [3.05, 3.63) is 426 Å². The van der Waals surface area contributed by atoms with Crippen LogP contribution >= 0.6 is 0 Å². The first-order valence-corrected chi connectivity index (χ1v) is 42.3. The van der Waals surface area contributed by atoms with Gasteiger partial charge in [-0.2, -0.15) is 30.6 Å². The molecule has 0 bridgehead atoms. The van der Waals surface area contributed by atoms with Crippen LogP contribution in [0.25, 0.3) is 189 Å². The number of rotatable bonds is 14. The van der Waals surface area contributed by atoms with Crippen molar-refractivity contribution < 1.29 is 74.9 Å². The molecule has 5 heterocycles. The van der Waals surface area contributed by atoms with Gasteiger partial charge >= 0.3 is 0 Å². The topological polar surface area (TPSA) is 276 Å². The molecule has 0 amide bonds. The Morgan fingerprint density at radius 3 is 1.31 bits per heavy atom. The van der Waals surface area contributed by atoms with E-state index in [2.05, 4.69) is 310 Å². The molecule has 0 atom stereocenters. The molecule has 0 saturated carbocycles. The molecule has 17 aromatic carbocycles. The number of hydrogen-bond donors (Lipinski definition) is 0. The van der Waals surface area contributed by atoms with Gasteiger partial charge in [0.15, 0.2) is 5.69 Å². The Kier molecular flexibility index (Phi) is 28.4. The van der Waals surface area contributed by atoms with E-state index in [9.17, 15) is 20.2 Å². The van der Waals surface area contributed by atoms with Crippen LogP contribution in [-0.4, -0.2) is 87.6 Å². The first-order valence-electron chi connectivity index (χ1n) is 42.3. The Hall–Kier alpha value is -15.8. The monoisotopic (exact) mass is 2280 g/mol. The number of nitrogens with zero attached hydrogens (tertiary/aromatic N) is 16. The summed E-state index contributed by atoms with van der Waals surface area (Å²) >= 11 is 0. The van der Waals surface area contributed by atoms with Crippen molar-refractivity contribution in [1.82, 2.24) is 71.2 Å². The molecule has 21 nitrogen and oxygen atoms in total. The van der Waals surface area contributed by atoms with Gasteiger partial charge in [-0.15, -0.1) is 173 Å². The van der Waals surface area contributed by atoms with Gasteiger partial charge in [-0.05, 0) is 147 Å². The zero-order valence-electron chi connectivity index (χ0n) is 71.8. The molecule has 0 N–H and O–H groups in total. The van der Waals surface area contributed by atoms with Crippen molar-refractivity contribution in [3.8, 4) is 119 Å². The molecule has 0 unspecified atom stereocenters. The maximum absolute atomic E-state index is 10.6. The smallest absolute Gasteiger partial charge is 0.269 e. The molecule has 22 aromatic rings. The summed E-state index contributed by atoms with van der Waals surface area (Å²) in [5.74, 6) is 3.25. The third-order valence-corrected chi connectivity index (χ3v) is 22.7. The van der Waals surface area contributed by atoms with Crippen LogP contribution in [0.15, 0.2) is 364 Å². The molecule has 23 rings (SSSR count). The number of hydrogen-bond acceptors (Lipinski definition) is 19. The van der Waals surface area contributed by atoms with E-state index < -0.39 is 9.85 Å². The normalized spacial score (nSPS) is 11.3. The van der Waals surface area contributed by atoms with Gasteiger partial charge in [-0.1, -0.05) is 261 Å². The van der Waals surface area contributed by atoms with E-state index >= 15 is 0 Å². The minimum absolute atomic E-state index is 0. The van der Waals surface area contributed by atoms with Gasteiger partial charge in [0.05, 0.1) is 11.5 Å². The maximum Gasteiger partial charge on any atom is 0.269 e. The quantitative estimate of drug-likeness (QED) is 0.0423. The molecule has 1 aliphatic carbocycles. The van der Waals surface area contributed by atoms with E-state index in [-0.39, 0.29) is 88.8 Å². The molecule has 0 saturated heterocycles. The molecule has 3 radical (unpaired) electrons. The largest absolute Gasteiger partial charge is 0.494 e. The molecule has 134 heavy (non-hydrogen) atoms. The van der Waals surface area contributed by atoms with Crippen LogP contribution in [-0.2, 0) is 65.7 Å². The van der Waals surface area contributed by atoms with Crippen molar-refractivity contribution in [2.24, 2.45) is 0 Å². The average Bonchev–Trinajstić information content (AvgIpc) is 1.56. The summed E-state index contributed by atoms with van der Waals surface area (Å²) in [6, 6.07) is 131. The molecule has 0 fully saturated rings. The van der Waals surface area contributed by atoms with Crippen LogP contribution in [0.1, 0.15) is 38.3 Å². The zero-order chi connectivity index (χ0) is 89.2.